The number of ether oxygens (including phenoxy) is 1. The number of benzene rings is 2. The lowest BCUT2D eigenvalue weighted by Crippen LogP contribution is -2.25. The fraction of sp³-hybridized carbons (Fsp3) is 0.533. The van der Waals surface area contributed by atoms with E-state index in [1.165, 1.54) is 0 Å². The zero-order valence-electron chi connectivity index (χ0n) is 20.5. The van der Waals surface area contributed by atoms with Crippen LogP contribution in [0.4, 0.5) is 17.6 Å². The van der Waals surface area contributed by atoms with Crippen LogP contribution in [0.5, 0.6) is 5.75 Å². The Kier molecular flexibility index (Phi) is 8.91. The second kappa shape index (κ2) is 12.1. The van der Waals surface area contributed by atoms with Gasteiger partial charge in [-0.15, -0.1) is 0 Å². The third-order valence-corrected chi connectivity index (χ3v) is 8.03. The van der Waals surface area contributed by atoms with Crippen molar-refractivity contribution in [2.45, 2.75) is 70.6 Å². The molecule has 0 amide bonds. The lowest BCUT2D eigenvalue weighted by atomic mass is 9.68. The first-order chi connectivity index (χ1) is 17.0. The molecule has 1 nitrogen and oxygen atoms in total. The van der Waals surface area contributed by atoms with E-state index < -0.39 is 18.3 Å². The van der Waals surface area contributed by atoms with Crippen LogP contribution in [-0.4, -0.2) is 13.3 Å². The van der Waals surface area contributed by atoms with Gasteiger partial charge >= 0.3 is 0 Å². The van der Waals surface area contributed by atoms with E-state index in [0.717, 1.165) is 51.4 Å². The maximum atomic E-state index is 15.1. The molecule has 0 N–H and O–H groups in total. The number of hydrogen-bond acceptors (Lipinski definition) is 1. The predicted octanol–water partition coefficient (Wildman–Crippen LogP) is 9.32. The van der Waals surface area contributed by atoms with Gasteiger partial charge < -0.3 is 4.74 Å². The highest BCUT2D eigenvalue weighted by Gasteiger charge is 2.32. The molecule has 5 heteroatoms. The van der Waals surface area contributed by atoms with Crippen molar-refractivity contribution in [3.05, 3.63) is 65.5 Å². The monoisotopic (exact) mass is 488 g/mol. The molecule has 0 radical (unpaired) electrons. The fourth-order valence-corrected chi connectivity index (χ4v) is 6.11. The molecule has 35 heavy (non-hydrogen) atoms. The summed E-state index contributed by atoms with van der Waals surface area (Å²) in [5.74, 6) is 0.377. The van der Waals surface area contributed by atoms with Gasteiger partial charge in [0.05, 0.1) is 19.1 Å². The number of halogens is 4. The average molecular weight is 489 g/mol. The number of rotatable bonds is 8. The maximum Gasteiger partial charge on any atom is 0.166 e. The second-order valence-electron chi connectivity index (χ2n) is 10.1. The van der Waals surface area contributed by atoms with Gasteiger partial charge in [0.15, 0.2) is 11.6 Å². The van der Waals surface area contributed by atoms with Crippen molar-refractivity contribution in [1.29, 1.82) is 0 Å². The molecule has 0 atom stereocenters. The van der Waals surface area contributed by atoms with Gasteiger partial charge in [0, 0.05) is 12.0 Å². The Morgan fingerprint density at radius 2 is 1.49 bits per heavy atom. The number of hydrogen-bond donors (Lipinski definition) is 0. The molecule has 0 heterocycles. The highest BCUT2D eigenvalue weighted by molar-refractivity contribution is 5.65. The third kappa shape index (κ3) is 6.29. The van der Waals surface area contributed by atoms with Crippen molar-refractivity contribution >= 4 is 0 Å². The summed E-state index contributed by atoms with van der Waals surface area (Å²) < 4.78 is 61.5. The first-order valence-corrected chi connectivity index (χ1v) is 13.1. The van der Waals surface area contributed by atoms with Crippen LogP contribution in [0, 0.1) is 29.4 Å². The van der Waals surface area contributed by atoms with Crippen LogP contribution in [0.3, 0.4) is 0 Å². The van der Waals surface area contributed by atoms with Gasteiger partial charge in [0.2, 0.25) is 0 Å². The van der Waals surface area contributed by atoms with Gasteiger partial charge in [-0.3, -0.25) is 4.39 Å². The Bertz CT molecular complexity index is 984. The predicted molar refractivity (Wildman–Crippen MR) is 133 cm³/mol. The van der Waals surface area contributed by atoms with Crippen LogP contribution >= 0.6 is 0 Å². The van der Waals surface area contributed by atoms with Crippen LogP contribution in [0.25, 0.3) is 11.1 Å². The molecule has 2 aliphatic rings. The molecule has 2 aromatic rings. The van der Waals surface area contributed by atoms with E-state index in [0.29, 0.717) is 35.3 Å². The van der Waals surface area contributed by atoms with Crippen molar-refractivity contribution < 1.29 is 22.3 Å². The molecule has 2 aromatic carbocycles. The van der Waals surface area contributed by atoms with Crippen LogP contribution in [0.2, 0.25) is 0 Å². The molecule has 2 fully saturated rings. The smallest absolute Gasteiger partial charge is 0.166 e. The van der Waals surface area contributed by atoms with E-state index in [2.05, 4.69) is 0 Å². The molecule has 2 aliphatic carbocycles. The molecule has 4 rings (SSSR count). The van der Waals surface area contributed by atoms with Crippen LogP contribution in [0.1, 0.15) is 76.2 Å². The molecule has 2 saturated carbocycles. The van der Waals surface area contributed by atoms with Crippen LogP contribution < -0.4 is 4.74 Å². The average Bonchev–Trinajstić information content (AvgIpc) is 2.87. The summed E-state index contributed by atoms with van der Waals surface area (Å²) in [6, 6.07) is 10.5. The van der Waals surface area contributed by atoms with Gasteiger partial charge in [-0.25, -0.2) is 13.2 Å². The Morgan fingerprint density at radius 3 is 2.09 bits per heavy atom. The van der Waals surface area contributed by atoms with Crippen molar-refractivity contribution in [2.75, 3.05) is 13.3 Å². The standard InChI is InChI=1S/C30H36F4O/c1-2-35-26-13-11-24(12-14-26)28-16-15-27(29(33)30(28)34)23-9-7-22(8-10-23)21-5-3-20(4-6-21)19-25(32)17-18-31/h11-16,19-23H,2-10,17-18H2,1H3. The SMILES string of the molecule is CCOc1ccc(-c2ccc(C3CCC(C4CCC(C=C(F)CCF)CC4)CC3)c(F)c2F)cc1. The topological polar surface area (TPSA) is 9.23 Å². The molecule has 0 bridgehead atoms. The van der Waals surface area contributed by atoms with E-state index in [1.807, 2.05) is 6.92 Å². The van der Waals surface area contributed by atoms with E-state index in [9.17, 15) is 8.78 Å². The Morgan fingerprint density at radius 1 is 0.857 bits per heavy atom. The quantitative estimate of drug-likeness (QED) is 0.336. The van der Waals surface area contributed by atoms with Gasteiger partial charge in [-0.2, -0.15) is 0 Å². The minimum atomic E-state index is -0.778. The number of allylic oxidation sites excluding steroid dienone is 2. The minimum Gasteiger partial charge on any atom is -0.494 e. The maximum absolute atomic E-state index is 15.1. The Labute approximate surface area is 206 Å². The highest BCUT2D eigenvalue weighted by atomic mass is 19.2. The summed E-state index contributed by atoms with van der Waals surface area (Å²) in [7, 11) is 0. The van der Waals surface area contributed by atoms with Gasteiger partial charge in [-0.1, -0.05) is 24.3 Å². The normalized spacial score (nSPS) is 25.5. The molecule has 0 aromatic heterocycles. The van der Waals surface area contributed by atoms with Crippen molar-refractivity contribution in [3.8, 4) is 16.9 Å². The zero-order chi connectivity index (χ0) is 24.8. The summed E-state index contributed by atoms with van der Waals surface area (Å²) in [5, 5.41) is 0. The molecular formula is C30H36F4O. The third-order valence-electron chi connectivity index (χ3n) is 8.03. The first kappa shape index (κ1) is 25.8. The summed E-state index contributed by atoms with van der Waals surface area (Å²) in [6.07, 6.45) is 9.35. The molecule has 190 valence electrons. The van der Waals surface area contributed by atoms with E-state index in [1.54, 1.807) is 42.5 Å². The number of alkyl halides is 1. The zero-order valence-corrected chi connectivity index (χ0v) is 20.5. The highest BCUT2D eigenvalue weighted by Crippen LogP contribution is 2.45. The van der Waals surface area contributed by atoms with Crippen molar-refractivity contribution in [2.24, 2.45) is 17.8 Å². The van der Waals surface area contributed by atoms with E-state index in [-0.39, 0.29) is 29.6 Å². The molecule has 0 spiro atoms. The van der Waals surface area contributed by atoms with Crippen LogP contribution in [0.15, 0.2) is 48.3 Å². The largest absolute Gasteiger partial charge is 0.494 e. The van der Waals surface area contributed by atoms with E-state index in [4.69, 9.17) is 4.74 Å². The van der Waals surface area contributed by atoms with Gasteiger partial charge in [0.25, 0.3) is 0 Å². The Balaban J connectivity index is 1.34. The minimum absolute atomic E-state index is 0.0456. The first-order valence-electron chi connectivity index (χ1n) is 13.1. The molecule has 0 aliphatic heterocycles. The summed E-state index contributed by atoms with van der Waals surface area (Å²) in [6.45, 7) is 1.81. The molecule has 0 unspecified atom stereocenters. The fourth-order valence-electron chi connectivity index (χ4n) is 6.11. The van der Waals surface area contributed by atoms with Crippen molar-refractivity contribution in [3.63, 3.8) is 0 Å². The summed E-state index contributed by atoms with van der Waals surface area (Å²) in [4.78, 5) is 0. The van der Waals surface area contributed by atoms with Gasteiger partial charge in [0.1, 0.15) is 5.75 Å². The second-order valence-corrected chi connectivity index (χ2v) is 10.1. The van der Waals surface area contributed by atoms with Crippen molar-refractivity contribution in [1.82, 2.24) is 0 Å². The van der Waals surface area contributed by atoms with Gasteiger partial charge in [-0.05, 0) is 111 Å². The summed E-state index contributed by atoms with van der Waals surface area (Å²) in [5.41, 5.74) is 1.40. The lowest BCUT2D eigenvalue weighted by molar-refractivity contribution is 0.170. The molecule has 0 saturated heterocycles. The lowest BCUT2D eigenvalue weighted by Gasteiger charge is -2.37. The Hall–Kier alpha value is -2.30. The van der Waals surface area contributed by atoms with E-state index >= 15 is 8.78 Å². The summed E-state index contributed by atoms with van der Waals surface area (Å²) >= 11 is 0. The van der Waals surface area contributed by atoms with Crippen LogP contribution in [-0.2, 0) is 0 Å². The molecular weight excluding hydrogens is 452 g/mol.